The number of nitrogens with zero attached hydrogens (tertiary/aromatic N) is 5. The average Bonchev–Trinajstić information content (AvgIpc) is 2.45. The van der Waals surface area contributed by atoms with E-state index < -0.39 is 0 Å². The Morgan fingerprint density at radius 2 is 1.40 bits per heavy atom. The van der Waals surface area contributed by atoms with E-state index in [0.717, 1.165) is 4.90 Å². The number of rotatable bonds is 5. The van der Waals surface area contributed by atoms with Crippen molar-refractivity contribution in [3.05, 3.63) is 30.3 Å². The van der Waals surface area contributed by atoms with Gasteiger partial charge in [-0.15, -0.1) is 0 Å². The minimum atomic E-state index is 0.543. The summed E-state index contributed by atoms with van der Waals surface area (Å²) < 4.78 is 3.15. The largest absolute Gasteiger partial charge is 0.347 e. The quantitative estimate of drug-likeness (QED) is 0.846. The third-order valence-corrected chi connectivity index (χ3v) is 3.21. The van der Waals surface area contributed by atoms with Crippen LogP contribution in [0.15, 0.2) is 35.2 Å². The molecule has 0 radical (unpaired) electrons. The predicted octanol–water partition coefficient (Wildman–Crippen LogP) is 2.12. The molecular weight excluding hydrogens is 272 g/mol. The van der Waals surface area contributed by atoms with Gasteiger partial charge in [-0.05, 0) is 24.1 Å². The summed E-state index contributed by atoms with van der Waals surface area (Å²) in [4.78, 5) is 17.9. The normalized spacial score (nSPS) is 10.2. The van der Waals surface area contributed by atoms with Crippen LogP contribution in [0.5, 0.6) is 0 Å². The molecule has 2 rings (SSSR count). The van der Waals surface area contributed by atoms with E-state index in [9.17, 15) is 0 Å². The van der Waals surface area contributed by atoms with Crippen LogP contribution in [0.4, 0.5) is 17.8 Å². The van der Waals surface area contributed by atoms with Crippen molar-refractivity contribution < 1.29 is 0 Å². The molecule has 0 unspecified atom stereocenters. The summed E-state index contributed by atoms with van der Waals surface area (Å²) in [5.74, 6) is 1.79. The molecule has 1 aromatic carbocycles. The van der Waals surface area contributed by atoms with E-state index >= 15 is 0 Å². The van der Waals surface area contributed by atoms with E-state index in [1.165, 1.54) is 11.9 Å². The molecule has 7 heteroatoms. The molecule has 0 amide bonds. The van der Waals surface area contributed by atoms with Crippen LogP contribution in [0.2, 0.25) is 0 Å². The lowest BCUT2D eigenvalue weighted by Gasteiger charge is -2.16. The molecule has 1 heterocycles. The third kappa shape index (κ3) is 3.74. The molecule has 1 aromatic heterocycles. The molecule has 6 nitrogen and oxygen atoms in total. The lowest BCUT2D eigenvalue weighted by atomic mass is 10.4. The minimum Gasteiger partial charge on any atom is -0.347 e. The Kier molecular flexibility index (Phi) is 4.62. The van der Waals surface area contributed by atoms with Crippen molar-refractivity contribution in [2.45, 2.75) is 4.90 Å². The Balaban J connectivity index is 2.18. The van der Waals surface area contributed by atoms with Crippen LogP contribution in [0.3, 0.4) is 0 Å². The highest BCUT2D eigenvalue weighted by molar-refractivity contribution is 8.00. The fourth-order valence-corrected chi connectivity index (χ4v) is 1.99. The smallest absolute Gasteiger partial charge is 0.239 e. The van der Waals surface area contributed by atoms with E-state index in [1.54, 1.807) is 0 Å². The first-order valence-corrected chi connectivity index (χ1v) is 6.96. The van der Waals surface area contributed by atoms with Crippen LogP contribution >= 0.6 is 11.9 Å². The molecule has 0 saturated carbocycles. The molecule has 0 atom stereocenters. The van der Waals surface area contributed by atoms with Gasteiger partial charge in [0.2, 0.25) is 17.8 Å². The third-order valence-electron chi connectivity index (χ3n) is 2.42. The lowest BCUT2D eigenvalue weighted by molar-refractivity contribution is 0.923. The van der Waals surface area contributed by atoms with Crippen LogP contribution in [-0.2, 0) is 0 Å². The summed E-state index contributed by atoms with van der Waals surface area (Å²) in [6.07, 6.45) is 0. The molecule has 0 bridgehead atoms. The topological polar surface area (TPSA) is 57.2 Å². The van der Waals surface area contributed by atoms with E-state index in [1.807, 2.05) is 68.3 Å². The van der Waals surface area contributed by atoms with Crippen molar-refractivity contribution in [3.63, 3.8) is 0 Å². The van der Waals surface area contributed by atoms with Gasteiger partial charge in [-0.3, -0.25) is 4.72 Å². The molecule has 0 saturated heterocycles. The van der Waals surface area contributed by atoms with Crippen LogP contribution in [0, 0.1) is 0 Å². The van der Waals surface area contributed by atoms with Gasteiger partial charge in [-0.25, -0.2) is 0 Å². The zero-order chi connectivity index (χ0) is 14.5. The molecule has 0 aliphatic heterocycles. The van der Waals surface area contributed by atoms with Crippen molar-refractivity contribution in [1.29, 1.82) is 0 Å². The highest BCUT2D eigenvalue weighted by Crippen LogP contribution is 2.20. The van der Waals surface area contributed by atoms with Gasteiger partial charge in [0, 0.05) is 33.1 Å². The fourth-order valence-electron chi connectivity index (χ4n) is 1.39. The lowest BCUT2D eigenvalue weighted by Crippen LogP contribution is -2.19. The maximum Gasteiger partial charge on any atom is 0.239 e. The van der Waals surface area contributed by atoms with Crippen LogP contribution < -0.4 is 14.5 Å². The maximum absolute atomic E-state index is 4.38. The number of aromatic nitrogens is 3. The van der Waals surface area contributed by atoms with Crippen LogP contribution in [-0.4, -0.2) is 43.1 Å². The van der Waals surface area contributed by atoms with Gasteiger partial charge >= 0.3 is 0 Å². The van der Waals surface area contributed by atoms with E-state index in [-0.39, 0.29) is 0 Å². The second-order valence-corrected chi connectivity index (χ2v) is 5.44. The maximum atomic E-state index is 4.38. The molecule has 20 heavy (non-hydrogen) atoms. The molecule has 2 aromatic rings. The Morgan fingerprint density at radius 1 is 0.850 bits per heavy atom. The van der Waals surface area contributed by atoms with Gasteiger partial charge in [-0.2, -0.15) is 15.0 Å². The van der Waals surface area contributed by atoms with E-state index in [2.05, 4.69) is 19.7 Å². The number of hydrogen-bond donors (Lipinski definition) is 1. The Morgan fingerprint density at radius 3 is 1.90 bits per heavy atom. The van der Waals surface area contributed by atoms with E-state index in [4.69, 9.17) is 0 Å². The first-order valence-electron chi connectivity index (χ1n) is 6.15. The van der Waals surface area contributed by atoms with Crippen molar-refractivity contribution in [3.8, 4) is 0 Å². The molecule has 0 fully saturated rings. The van der Waals surface area contributed by atoms with Gasteiger partial charge in [0.15, 0.2) is 0 Å². The first kappa shape index (κ1) is 14.4. The molecule has 1 N–H and O–H groups in total. The predicted molar refractivity (Wildman–Crippen MR) is 84.4 cm³/mol. The molecule has 0 aliphatic rings. The fraction of sp³-hybridized carbons (Fsp3) is 0.308. The minimum absolute atomic E-state index is 0.543. The Labute approximate surface area is 123 Å². The Hall–Kier alpha value is -2.02. The summed E-state index contributed by atoms with van der Waals surface area (Å²) in [5, 5.41) is 0. The monoisotopic (exact) mass is 290 g/mol. The van der Waals surface area contributed by atoms with Crippen molar-refractivity contribution in [2.24, 2.45) is 0 Å². The highest BCUT2D eigenvalue weighted by atomic mass is 32.2. The highest BCUT2D eigenvalue weighted by Gasteiger charge is 2.09. The summed E-state index contributed by atoms with van der Waals surface area (Å²) in [6, 6.07) is 10.0. The Bertz CT molecular complexity index is 532. The average molecular weight is 290 g/mol. The molecular formula is C13H18N6S. The number of nitrogens with one attached hydrogen (secondary N) is 1. The zero-order valence-electron chi connectivity index (χ0n) is 12.0. The number of benzene rings is 1. The van der Waals surface area contributed by atoms with Gasteiger partial charge in [0.25, 0.3) is 0 Å². The number of hydrogen-bond acceptors (Lipinski definition) is 7. The van der Waals surface area contributed by atoms with Crippen molar-refractivity contribution in [1.82, 2.24) is 15.0 Å². The second kappa shape index (κ2) is 6.42. The van der Waals surface area contributed by atoms with Gasteiger partial charge in [0.05, 0.1) is 0 Å². The summed E-state index contributed by atoms with van der Waals surface area (Å²) >= 11 is 1.47. The van der Waals surface area contributed by atoms with Gasteiger partial charge < -0.3 is 9.80 Å². The molecule has 106 valence electrons. The van der Waals surface area contributed by atoms with Crippen LogP contribution in [0.25, 0.3) is 0 Å². The SMILES string of the molecule is CN(C)c1nc(NSc2ccccc2)nc(N(C)C)n1. The zero-order valence-corrected chi connectivity index (χ0v) is 12.8. The van der Waals surface area contributed by atoms with Crippen LogP contribution in [0.1, 0.15) is 0 Å². The summed E-state index contributed by atoms with van der Waals surface area (Å²) in [7, 11) is 7.62. The van der Waals surface area contributed by atoms with E-state index in [0.29, 0.717) is 17.8 Å². The summed E-state index contributed by atoms with van der Waals surface area (Å²) in [6.45, 7) is 0. The molecule has 0 aliphatic carbocycles. The second-order valence-electron chi connectivity index (χ2n) is 4.57. The standard InChI is InChI=1S/C13H18N6S/c1-18(2)12-14-11(15-13(16-12)19(3)4)17-20-10-8-6-5-7-9-10/h5-9H,1-4H3,(H,14,15,16,17). The molecule has 0 spiro atoms. The van der Waals surface area contributed by atoms with Crippen molar-refractivity contribution in [2.75, 3.05) is 42.7 Å². The summed E-state index contributed by atoms with van der Waals surface area (Å²) in [5.41, 5.74) is 0. The van der Waals surface area contributed by atoms with Gasteiger partial charge in [-0.1, -0.05) is 18.2 Å². The van der Waals surface area contributed by atoms with Gasteiger partial charge in [0.1, 0.15) is 0 Å². The van der Waals surface area contributed by atoms with Crippen molar-refractivity contribution >= 4 is 29.8 Å². The first-order chi connectivity index (χ1) is 9.56. The number of anilines is 3.